The van der Waals surface area contributed by atoms with Crippen molar-refractivity contribution in [3.05, 3.63) is 10.6 Å². The van der Waals surface area contributed by atoms with Crippen molar-refractivity contribution in [1.29, 1.82) is 0 Å². The van der Waals surface area contributed by atoms with Gasteiger partial charge in [0, 0.05) is 29.2 Å². The highest BCUT2D eigenvalue weighted by Crippen LogP contribution is 2.51. The molecule has 3 rings (SSSR count). The Morgan fingerprint density at radius 2 is 2.13 bits per heavy atom. The van der Waals surface area contributed by atoms with E-state index in [-0.39, 0.29) is 40.7 Å². The summed E-state index contributed by atoms with van der Waals surface area (Å²) in [5.41, 5.74) is 10.5. The first kappa shape index (κ1) is 22.4. The number of carboxylic acids is 1. The van der Waals surface area contributed by atoms with Gasteiger partial charge in [-0.15, -0.1) is 11.8 Å². The number of aliphatic carboxylic acids is 1. The molecule has 2 amide bonds. The highest BCUT2D eigenvalue weighted by Gasteiger charge is 2.60. The lowest BCUT2D eigenvalue weighted by molar-refractivity contribution is -0.163. The molecule has 0 aliphatic carbocycles. The fourth-order valence-electron chi connectivity index (χ4n) is 4.34. The summed E-state index contributed by atoms with van der Waals surface area (Å²) in [5.74, 6) is -2.47. The van der Waals surface area contributed by atoms with Crippen LogP contribution in [-0.2, 0) is 14.4 Å². The van der Waals surface area contributed by atoms with Gasteiger partial charge in [0.05, 0.1) is 30.7 Å². The van der Waals surface area contributed by atoms with Crippen LogP contribution in [0.25, 0.3) is 0 Å². The predicted molar refractivity (Wildman–Crippen MR) is 111 cm³/mol. The molecule has 0 aromatic heterocycles. The fraction of sp³-hybridized carbons (Fsp3) is 0.667. The van der Waals surface area contributed by atoms with E-state index in [4.69, 9.17) is 11.5 Å². The number of aliphatic imine (C=N–C) groups is 1. The molecule has 0 bridgehead atoms. The van der Waals surface area contributed by atoms with Crippen LogP contribution in [0.3, 0.4) is 0 Å². The van der Waals surface area contributed by atoms with E-state index in [9.17, 15) is 24.6 Å². The van der Waals surface area contributed by atoms with Crippen LogP contribution in [0.15, 0.2) is 15.6 Å². The SMILES string of the molecule is C[C@@H](O)C1C(=O)N2C(C(=O)O)=C(S[C@H]3CNC(C(=O)NCCN=C(N)N)C3)[C@H](C)C12. The molecule has 0 aromatic rings. The van der Waals surface area contributed by atoms with E-state index >= 15 is 0 Å². The maximum Gasteiger partial charge on any atom is 0.353 e. The van der Waals surface area contributed by atoms with Gasteiger partial charge in [-0.05, 0) is 13.3 Å². The Hall–Kier alpha value is -2.31. The van der Waals surface area contributed by atoms with Gasteiger partial charge in [0.2, 0.25) is 11.8 Å². The number of guanidine groups is 1. The number of rotatable bonds is 8. The van der Waals surface area contributed by atoms with Crippen molar-refractivity contribution in [2.24, 2.45) is 28.3 Å². The number of nitrogens with zero attached hydrogens (tertiary/aromatic N) is 2. The number of carboxylic acid groups (broad SMARTS) is 1. The zero-order valence-corrected chi connectivity index (χ0v) is 17.7. The number of amides is 2. The molecule has 0 aromatic carbocycles. The number of fused-ring (bicyclic) bond motifs is 1. The largest absolute Gasteiger partial charge is 0.477 e. The lowest BCUT2D eigenvalue weighted by atomic mass is 9.79. The van der Waals surface area contributed by atoms with Crippen LogP contribution in [0, 0.1) is 11.8 Å². The van der Waals surface area contributed by atoms with E-state index in [0.717, 1.165) is 0 Å². The van der Waals surface area contributed by atoms with E-state index in [2.05, 4.69) is 15.6 Å². The summed E-state index contributed by atoms with van der Waals surface area (Å²) in [6, 6.07) is -0.730. The average molecular weight is 441 g/mol. The zero-order valence-electron chi connectivity index (χ0n) is 16.9. The molecule has 0 spiro atoms. The molecule has 3 aliphatic heterocycles. The minimum atomic E-state index is -1.15. The Bertz CT molecular complexity index is 796. The van der Waals surface area contributed by atoms with E-state index in [1.54, 1.807) is 6.92 Å². The van der Waals surface area contributed by atoms with Crippen molar-refractivity contribution in [3.63, 3.8) is 0 Å². The van der Waals surface area contributed by atoms with Gasteiger partial charge in [0.1, 0.15) is 5.70 Å². The second kappa shape index (κ2) is 8.82. The van der Waals surface area contributed by atoms with Gasteiger partial charge in [-0.3, -0.25) is 14.6 Å². The van der Waals surface area contributed by atoms with Gasteiger partial charge in [-0.25, -0.2) is 4.79 Å². The van der Waals surface area contributed by atoms with Gasteiger partial charge in [0.15, 0.2) is 5.96 Å². The molecule has 3 heterocycles. The second-order valence-electron chi connectivity index (χ2n) is 7.81. The molecule has 0 radical (unpaired) electrons. The summed E-state index contributed by atoms with van der Waals surface area (Å²) in [7, 11) is 0. The van der Waals surface area contributed by atoms with Crippen LogP contribution in [0.4, 0.5) is 0 Å². The van der Waals surface area contributed by atoms with Crippen molar-refractivity contribution >= 4 is 35.5 Å². The van der Waals surface area contributed by atoms with Crippen molar-refractivity contribution in [2.45, 2.75) is 43.7 Å². The first-order valence-electron chi connectivity index (χ1n) is 9.85. The molecule has 6 atom stereocenters. The number of hydrogen-bond donors (Lipinski definition) is 6. The van der Waals surface area contributed by atoms with Crippen LogP contribution in [0.2, 0.25) is 0 Å². The van der Waals surface area contributed by atoms with E-state index < -0.39 is 24.0 Å². The number of hydrogen-bond acceptors (Lipinski definition) is 7. The van der Waals surface area contributed by atoms with Crippen molar-refractivity contribution in [2.75, 3.05) is 19.6 Å². The number of carbonyl (C=O) groups is 3. The number of thioether (sulfide) groups is 1. The summed E-state index contributed by atoms with van der Waals surface area (Å²) in [6.07, 6.45) is -0.304. The van der Waals surface area contributed by atoms with E-state index in [1.165, 1.54) is 16.7 Å². The Kier molecular flexibility index (Phi) is 6.58. The summed E-state index contributed by atoms with van der Waals surface area (Å²) >= 11 is 1.40. The van der Waals surface area contributed by atoms with Gasteiger partial charge in [0.25, 0.3) is 0 Å². The molecular weight excluding hydrogens is 412 g/mol. The predicted octanol–water partition coefficient (Wildman–Crippen LogP) is -2.01. The van der Waals surface area contributed by atoms with Crippen molar-refractivity contribution in [1.82, 2.24) is 15.5 Å². The Morgan fingerprint density at radius 1 is 1.43 bits per heavy atom. The van der Waals surface area contributed by atoms with Crippen LogP contribution in [-0.4, -0.2) is 81.9 Å². The molecular formula is C18H28N6O5S. The maximum atomic E-state index is 12.4. The molecule has 0 saturated carbocycles. The summed E-state index contributed by atoms with van der Waals surface area (Å²) in [6.45, 7) is 4.58. The third-order valence-corrected chi connectivity index (χ3v) is 7.23. The summed E-state index contributed by atoms with van der Waals surface area (Å²) < 4.78 is 0. The molecule has 12 heteroatoms. The van der Waals surface area contributed by atoms with Gasteiger partial charge < -0.3 is 37.2 Å². The standard InChI is InChI=1S/C18H28N6O5S/c1-7-12-11(8(2)25)16(27)24(12)13(17(28)29)14(7)30-9-5-10(23-6-9)15(26)21-3-4-22-18(19)20/h7-12,23,25H,3-6H2,1-2H3,(H,21,26)(H,28,29)(H4,19,20,22)/t7-,8-,9-,10?,11?,12?/m1/s1. The minimum absolute atomic E-state index is 0.00420. The van der Waals surface area contributed by atoms with Crippen LogP contribution in [0.5, 0.6) is 0 Å². The fourth-order valence-corrected chi connectivity index (χ4v) is 5.82. The number of β-lactam (4-membered cyclic amide) rings is 1. The molecule has 8 N–H and O–H groups in total. The molecule has 3 aliphatic rings. The average Bonchev–Trinajstić information content (AvgIpc) is 3.21. The van der Waals surface area contributed by atoms with Crippen molar-refractivity contribution < 1.29 is 24.6 Å². The van der Waals surface area contributed by atoms with Gasteiger partial charge in [-0.2, -0.15) is 0 Å². The number of aliphatic hydroxyl groups excluding tert-OH is 1. The molecule has 30 heavy (non-hydrogen) atoms. The zero-order chi connectivity index (χ0) is 22.2. The highest BCUT2D eigenvalue weighted by molar-refractivity contribution is 8.03. The number of nitrogens with one attached hydrogen (secondary N) is 2. The monoisotopic (exact) mass is 440 g/mol. The van der Waals surface area contributed by atoms with Crippen LogP contribution in [0.1, 0.15) is 20.3 Å². The topological polar surface area (TPSA) is 183 Å². The van der Waals surface area contributed by atoms with Gasteiger partial charge >= 0.3 is 5.97 Å². The second-order valence-corrected chi connectivity index (χ2v) is 9.15. The molecule has 3 unspecified atom stereocenters. The third-order valence-electron chi connectivity index (χ3n) is 5.72. The number of aliphatic hydroxyl groups is 1. The lowest BCUT2D eigenvalue weighted by Crippen LogP contribution is -2.63. The Labute approximate surface area is 178 Å². The van der Waals surface area contributed by atoms with E-state index in [0.29, 0.717) is 31.0 Å². The van der Waals surface area contributed by atoms with Crippen LogP contribution < -0.4 is 22.1 Å². The normalized spacial score (nSPS) is 31.2. The van der Waals surface area contributed by atoms with Crippen molar-refractivity contribution in [3.8, 4) is 0 Å². The number of carbonyl (C=O) groups excluding carboxylic acids is 2. The Morgan fingerprint density at radius 3 is 2.73 bits per heavy atom. The molecule has 2 saturated heterocycles. The first-order chi connectivity index (χ1) is 14.1. The van der Waals surface area contributed by atoms with E-state index in [1.807, 2.05) is 6.92 Å². The molecule has 166 valence electrons. The molecule has 11 nitrogen and oxygen atoms in total. The van der Waals surface area contributed by atoms with Gasteiger partial charge in [-0.1, -0.05) is 6.92 Å². The third kappa shape index (κ3) is 4.12. The summed E-state index contributed by atoms with van der Waals surface area (Å²) in [4.78, 5) is 42.3. The first-order valence-corrected chi connectivity index (χ1v) is 10.7. The maximum absolute atomic E-state index is 12.4. The minimum Gasteiger partial charge on any atom is -0.477 e. The molecule has 2 fully saturated rings. The Balaban J connectivity index is 1.62. The number of nitrogens with two attached hydrogens (primary N) is 2. The quantitative estimate of drug-likeness (QED) is 0.107. The lowest BCUT2D eigenvalue weighted by Gasteiger charge is -2.46. The summed E-state index contributed by atoms with van der Waals surface area (Å²) in [5, 5.41) is 25.5. The van der Waals surface area contributed by atoms with Crippen LogP contribution >= 0.6 is 11.8 Å². The smallest absolute Gasteiger partial charge is 0.353 e. The highest BCUT2D eigenvalue weighted by atomic mass is 32.2.